The highest BCUT2D eigenvalue weighted by molar-refractivity contribution is 6.01. The summed E-state index contributed by atoms with van der Waals surface area (Å²) in [5.41, 5.74) is -0.664. The maximum Gasteiger partial charge on any atom is 0.321 e. The Bertz CT molecular complexity index is 635. The molecule has 0 radical (unpaired) electrons. The molecule has 23 heavy (non-hydrogen) atoms. The molecule has 0 saturated carbocycles. The van der Waals surface area contributed by atoms with Crippen LogP contribution in [0.25, 0.3) is 0 Å². The second-order valence-corrected chi connectivity index (χ2v) is 6.21. The maximum absolute atomic E-state index is 13.0. The Morgan fingerprint density at radius 2 is 1.83 bits per heavy atom. The molecule has 1 saturated heterocycles. The van der Waals surface area contributed by atoms with E-state index in [1.165, 1.54) is 31.4 Å². The summed E-state index contributed by atoms with van der Waals surface area (Å²) in [6.45, 7) is 4.95. The minimum Gasteiger partial charge on any atom is -0.468 e. The van der Waals surface area contributed by atoms with Crippen LogP contribution in [0.15, 0.2) is 24.3 Å². The van der Waals surface area contributed by atoms with Crippen molar-refractivity contribution in [3.05, 3.63) is 35.6 Å². The van der Waals surface area contributed by atoms with E-state index in [2.05, 4.69) is 4.74 Å². The van der Waals surface area contributed by atoms with Gasteiger partial charge < -0.3 is 9.47 Å². The van der Waals surface area contributed by atoms with E-state index in [0.29, 0.717) is 5.56 Å². The topological polar surface area (TPSA) is 69.7 Å². The zero-order valence-electron chi connectivity index (χ0n) is 13.5. The highest BCUT2D eigenvalue weighted by Crippen LogP contribution is 2.43. The molecule has 1 aliphatic rings. The van der Waals surface area contributed by atoms with Gasteiger partial charge in [0.15, 0.2) is 11.7 Å². The molecule has 1 heterocycles. The van der Waals surface area contributed by atoms with E-state index < -0.39 is 41.1 Å². The van der Waals surface area contributed by atoms with Gasteiger partial charge in [-0.3, -0.25) is 14.4 Å². The van der Waals surface area contributed by atoms with Crippen LogP contribution in [-0.2, 0) is 19.1 Å². The number of carbonyl (C=O) groups excluding carboxylic acids is 3. The molecule has 1 fully saturated rings. The number of esters is 2. The zero-order chi connectivity index (χ0) is 17.4. The minimum absolute atomic E-state index is 0.282. The van der Waals surface area contributed by atoms with Gasteiger partial charge in [0.25, 0.3) is 0 Å². The van der Waals surface area contributed by atoms with Crippen molar-refractivity contribution in [3.63, 3.8) is 0 Å². The van der Waals surface area contributed by atoms with Gasteiger partial charge in [0, 0.05) is 17.4 Å². The SMILES string of the molecule is COC(=O)[C@@H]1C(=O)OC(C)(C)[C@@H]1[C@H](C)C(=O)c1ccc(F)cc1. The van der Waals surface area contributed by atoms with Crippen LogP contribution in [0.2, 0.25) is 0 Å². The van der Waals surface area contributed by atoms with Gasteiger partial charge in [-0.1, -0.05) is 6.92 Å². The number of hydrogen-bond acceptors (Lipinski definition) is 5. The quantitative estimate of drug-likeness (QED) is 0.483. The molecule has 2 rings (SSSR count). The Morgan fingerprint density at radius 3 is 2.35 bits per heavy atom. The van der Waals surface area contributed by atoms with Gasteiger partial charge in [0.1, 0.15) is 11.4 Å². The third-order valence-corrected chi connectivity index (χ3v) is 4.32. The zero-order valence-corrected chi connectivity index (χ0v) is 13.5. The molecule has 0 aliphatic carbocycles. The smallest absolute Gasteiger partial charge is 0.321 e. The lowest BCUT2D eigenvalue weighted by molar-refractivity contribution is -0.156. The van der Waals surface area contributed by atoms with E-state index in [-0.39, 0.29) is 5.78 Å². The van der Waals surface area contributed by atoms with Crippen LogP contribution in [0.4, 0.5) is 4.39 Å². The average Bonchev–Trinajstić information content (AvgIpc) is 2.74. The third-order valence-electron chi connectivity index (χ3n) is 4.32. The molecule has 0 unspecified atom stereocenters. The Hall–Kier alpha value is -2.24. The molecule has 0 bridgehead atoms. The molecule has 5 nitrogen and oxygen atoms in total. The highest BCUT2D eigenvalue weighted by Gasteiger charge is 2.57. The van der Waals surface area contributed by atoms with E-state index in [0.717, 1.165) is 0 Å². The van der Waals surface area contributed by atoms with Gasteiger partial charge >= 0.3 is 11.9 Å². The molecule has 0 aromatic heterocycles. The maximum atomic E-state index is 13.0. The van der Waals surface area contributed by atoms with Crippen LogP contribution in [0.3, 0.4) is 0 Å². The molecule has 1 aliphatic heterocycles. The van der Waals surface area contributed by atoms with E-state index in [1.807, 2.05) is 0 Å². The summed E-state index contributed by atoms with van der Waals surface area (Å²) < 4.78 is 23.0. The summed E-state index contributed by atoms with van der Waals surface area (Å²) in [6.07, 6.45) is 0. The van der Waals surface area contributed by atoms with Gasteiger partial charge in [0.2, 0.25) is 0 Å². The largest absolute Gasteiger partial charge is 0.468 e. The fourth-order valence-corrected chi connectivity index (χ4v) is 3.24. The fourth-order valence-electron chi connectivity index (χ4n) is 3.24. The molecule has 124 valence electrons. The number of halogens is 1. The van der Waals surface area contributed by atoms with Crippen molar-refractivity contribution >= 4 is 17.7 Å². The predicted octanol–water partition coefficient (Wildman–Crippen LogP) is 2.39. The summed E-state index contributed by atoms with van der Waals surface area (Å²) in [5.74, 6) is -4.62. The van der Waals surface area contributed by atoms with Crippen molar-refractivity contribution in [2.24, 2.45) is 17.8 Å². The highest BCUT2D eigenvalue weighted by atomic mass is 19.1. The molecule has 1 aromatic carbocycles. The Kier molecular flexibility index (Phi) is 4.54. The third kappa shape index (κ3) is 3.11. The van der Waals surface area contributed by atoms with Crippen molar-refractivity contribution in [3.8, 4) is 0 Å². The summed E-state index contributed by atoms with van der Waals surface area (Å²) in [6, 6.07) is 5.15. The van der Waals surface area contributed by atoms with Crippen LogP contribution in [0.1, 0.15) is 31.1 Å². The van der Waals surface area contributed by atoms with E-state index >= 15 is 0 Å². The molecule has 6 heteroatoms. The lowest BCUT2D eigenvalue weighted by atomic mass is 9.72. The van der Waals surface area contributed by atoms with Gasteiger partial charge in [0.05, 0.1) is 7.11 Å². The summed E-state index contributed by atoms with van der Waals surface area (Å²) in [5, 5.41) is 0. The molecular formula is C17H19FO5. The second kappa shape index (κ2) is 6.10. The van der Waals surface area contributed by atoms with Crippen molar-refractivity contribution in [1.82, 2.24) is 0 Å². The number of ketones is 1. The minimum atomic E-state index is -1.14. The predicted molar refractivity (Wildman–Crippen MR) is 79.1 cm³/mol. The fraction of sp³-hybridized carbons (Fsp3) is 0.471. The number of methoxy groups -OCH3 is 1. The summed E-state index contributed by atoms with van der Waals surface area (Å²) in [7, 11) is 1.18. The van der Waals surface area contributed by atoms with E-state index in [4.69, 9.17) is 4.74 Å². The standard InChI is InChI=1S/C17H19FO5/c1-9(14(19)10-5-7-11(18)8-6-10)13-12(15(20)22-4)16(21)23-17(13,2)3/h5-9,12-13H,1-4H3/t9-,12+,13+/m0/s1. The average molecular weight is 322 g/mol. The van der Waals surface area contributed by atoms with Crippen LogP contribution < -0.4 is 0 Å². The number of hydrogen-bond donors (Lipinski definition) is 0. The van der Waals surface area contributed by atoms with Gasteiger partial charge in [-0.2, -0.15) is 0 Å². The van der Waals surface area contributed by atoms with Crippen molar-refractivity contribution < 1.29 is 28.2 Å². The van der Waals surface area contributed by atoms with Gasteiger partial charge in [-0.25, -0.2) is 4.39 Å². The van der Waals surface area contributed by atoms with Gasteiger partial charge in [-0.05, 0) is 38.1 Å². The Labute approximate surface area is 133 Å². The summed E-state index contributed by atoms with van der Waals surface area (Å²) in [4.78, 5) is 36.6. The van der Waals surface area contributed by atoms with E-state index in [1.54, 1.807) is 20.8 Å². The number of benzene rings is 1. The molecule has 0 spiro atoms. The van der Waals surface area contributed by atoms with Crippen LogP contribution in [0.5, 0.6) is 0 Å². The molecular weight excluding hydrogens is 303 g/mol. The van der Waals surface area contributed by atoms with Crippen molar-refractivity contribution in [2.75, 3.05) is 7.11 Å². The normalized spacial score (nSPS) is 24.0. The lowest BCUT2D eigenvalue weighted by Crippen LogP contribution is -2.41. The molecule has 3 atom stereocenters. The first-order valence-electron chi connectivity index (χ1n) is 7.29. The first-order valence-corrected chi connectivity index (χ1v) is 7.29. The molecule has 0 N–H and O–H groups in total. The number of rotatable bonds is 4. The van der Waals surface area contributed by atoms with Crippen LogP contribution >= 0.6 is 0 Å². The summed E-state index contributed by atoms with van der Waals surface area (Å²) >= 11 is 0. The monoisotopic (exact) mass is 322 g/mol. The van der Waals surface area contributed by atoms with Crippen molar-refractivity contribution in [2.45, 2.75) is 26.4 Å². The number of Topliss-reactive ketones (excluding diaryl/α,β-unsaturated/α-hetero) is 1. The Balaban J connectivity index is 2.35. The first kappa shape index (κ1) is 17.1. The van der Waals surface area contributed by atoms with Crippen LogP contribution in [0, 0.1) is 23.6 Å². The van der Waals surface area contributed by atoms with Gasteiger partial charge in [-0.15, -0.1) is 0 Å². The number of cyclic esters (lactones) is 1. The van der Waals surface area contributed by atoms with E-state index in [9.17, 15) is 18.8 Å². The molecule has 1 aromatic rings. The Morgan fingerprint density at radius 1 is 1.26 bits per heavy atom. The first-order chi connectivity index (χ1) is 10.7. The van der Waals surface area contributed by atoms with Crippen molar-refractivity contribution in [1.29, 1.82) is 0 Å². The number of carbonyl (C=O) groups is 3. The lowest BCUT2D eigenvalue weighted by Gasteiger charge is -2.30. The molecule has 0 amide bonds. The second-order valence-electron chi connectivity index (χ2n) is 6.21. The number of ether oxygens (including phenoxy) is 2. The van der Waals surface area contributed by atoms with Crippen LogP contribution in [-0.4, -0.2) is 30.4 Å².